The zero-order chi connectivity index (χ0) is 11.6. The number of rotatable bonds is 4. The van der Waals surface area contributed by atoms with Gasteiger partial charge < -0.3 is 13.7 Å². The fourth-order valence-electron chi connectivity index (χ4n) is 1.38. The normalized spacial score (nSPS) is 11.9. The Morgan fingerprint density at radius 2 is 2.00 bits per heavy atom. The first-order chi connectivity index (χ1) is 7.56. The van der Waals surface area contributed by atoms with Crippen molar-refractivity contribution in [1.82, 2.24) is 5.16 Å². The van der Waals surface area contributed by atoms with Gasteiger partial charge >= 0.3 is 0 Å². The maximum Gasteiger partial charge on any atom is 0.262 e. The molecule has 4 nitrogen and oxygen atoms in total. The minimum Gasteiger partial charge on any atom is -0.469 e. The molecule has 0 N–H and O–H groups in total. The molecule has 16 heavy (non-hydrogen) atoms. The Labute approximate surface area is 95.0 Å². The largest absolute Gasteiger partial charge is 0.469 e. The van der Waals surface area contributed by atoms with Crippen LogP contribution in [0, 0.1) is 0 Å². The number of fused-ring (bicyclic) bond motifs is 1. The molecule has 2 aromatic rings. The lowest BCUT2D eigenvalue weighted by Crippen LogP contribution is -2.38. The second-order valence-corrected chi connectivity index (χ2v) is 4.85. The van der Waals surface area contributed by atoms with E-state index in [4.69, 9.17) is 9.26 Å². The number of likely N-dealkylation sites (N-methyl/N-ethyl adjacent to an activating group) is 1. The summed E-state index contributed by atoms with van der Waals surface area (Å²) in [5.41, 5.74) is 0.766. The van der Waals surface area contributed by atoms with Crippen molar-refractivity contribution in [3.63, 3.8) is 0 Å². The summed E-state index contributed by atoms with van der Waals surface area (Å²) in [6.45, 7) is 1.57. The highest BCUT2D eigenvalue weighted by atomic mass is 16.5. The number of hydrogen-bond donors (Lipinski definition) is 0. The molecule has 0 fully saturated rings. The van der Waals surface area contributed by atoms with Crippen LogP contribution >= 0.6 is 0 Å². The summed E-state index contributed by atoms with van der Waals surface area (Å²) < 4.78 is 11.6. The van der Waals surface area contributed by atoms with Crippen molar-refractivity contribution < 1.29 is 13.7 Å². The average Bonchev–Trinajstić information content (AvgIpc) is 2.60. The van der Waals surface area contributed by atoms with E-state index in [-0.39, 0.29) is 0 Å². The molecule has 0 saturated carbocycles. The van der Waals surface area contributed by atoms with Crippen LogP contribution < -0.4 is 4.74 Å². The number of aromatic nitrogens is 1. The smallest absolute Gasteiger partial charge is 0.262 e. The van der Waals surface area contributed by atoms with Gasteiger partial charge in [0.25, 0.3) is 5.88 Å². The topological polar surface area (TPSA) is 35.3 Å². The molecule has 0 aliphatic heterocycles. The van der Waals surface area contributed by atoms with E-state index in [1.807, 2.05) is 24.3 Å². The molecule has 1 aromatic heterocycles. The van der Waals surface area contributed by atoms with Gasteiger partial charge in [-0.1, -0.05) is 12.1 Å². The highest BCUT2D eigenvalue weighted by Crippen LogP contribution is 2.23. The van der Waals surface area contributed by atoms with Crippen LogP contribution in [-0.2, 0) is 0 Å². The first-order valence-corrected chi connectivity index (χ1v) is 5.34. The second-order valence-electron chi connectivity index (χ2n) is 4.85. The first kappa shape index (κ1) is 11.0. The summed E-state index contributed by atoms with van der Waals surface area (Å²) in [5, 5.41) is 4.84. The van der Waals surface area contributed by atoms with Crippen LogP contribution in [0.15, 0.2) is 28.8 Å². The minimum absolute atomic E-state index is 0.587. The third-order valence-electron chi connectivity index (χ3n) is 2.35. The molecule has 0 bridgehead atoms. The summed E-state index contributed by atoms with van der Waals surface area (Å²) in [5.74, 6) is 0.587. The van der Waals surface area contributed by atoms with Gasteiger partial charge in [0.05, 0.1) is 26.5 Å². The monoisotopic (exact) mass is 221 g/mol. The van der Waals surface area contributed by atoms with Crippen LogP contribution in [0.4, 0.5) is 0 Å². The lowest BCUT2D eigenvalue weighted by atomic mass is 10.3. The van der Waals surface area contributed by atoms with E-state index in [9.17, 15) is 0 Å². The Hall–Kier alpha value is -1.55. The van der Waals surface area contributed by atoms with Gasteiger partial charge in [-0.25, -0.2) is 0 Å². The molecule has 0 atom stereocenters. The van der Waals surface area contributed by atoms with Gasteiger partial charge in [-0.05, 0) is 17.3 Å². The van der Waals surface area contributed by atoms with E-state index in [0.29, 0.717) is 12.5 Å². The Balaban J connectivity index is 2.05. The minimum atomic E-state index is 0.587. The van der Waals surface area contributed by atoms with Gasteiger partial charge in [0.1, 0.15) is 13.2 Å². The predicted octanol–water partition coefficient (Wildman–Crippen LogP) is 1.91. The summed E-state index contributed by atoms with van der Waals surface area (Å²) in [7, 11) is 6.39. The fourth-order valence-corrected chi connectivity index (χ4v) is 1.38. The Morgan fingerprint density at radius 1 is 1.25 bits per heavy atom. The van der Waals surface area contributed by atoms with Crippen LogP contribution in [0.5, 0.6) is 5.88 Å². The number of benzene rings is 1. The second kappa shape index (κ2) is 4.14. The molecular weight excluding hydrogens is 204 g/mol. The van der Waals surface area contributed by atoms with E-state index >= 15 is 0 Å². The highest BCUT2D eigenvalue weighted by molar-refractivity contribution is 5.81. The predicted molar refractivity (Wildman–Crippen MR) is 62.4 cm³/mol. The molecule has 0 saturated heterocycles. The Bertz CT molecular complexity index is 471. The molecule has 0 radical (unpaired) electrons. The van der Waals surface area contributed by atoms with Crippen molar-refractivity contribution in [2.45, 2.75) is 0 Å². The Kier molecular flexibility index (Phi) is 2.83. The van der Waals surface area contributed by atoms with Crippen LogP contribution in [-0.4, -0.2) is 43.9 Å². The molecule has 1 aromatic carbocycles. The third-order valence-corrected chi connectivity index (χ3v) is 2.35. The van der Waals surface area contributed by atoms with E-state index in [1.54, 1.807) is 0 Å². The summed E-state index contributed by atoms with van der Waals surface area (Å²) in [4.78, 5) is 0. The Morgan fingerprint density at radius 3 is 2.75 bits per heavy atom. The number of quaternary nitrogens is 1. The molecule has 0 aliphatic carbocycles. The number of nitrogens with zero attached hydrogens (tertiary/aromatic N) is 2. The molecule has 0 unspecified atom stereocenters. The molecule has 86 valence electrons. The molecule has 0 spiro atoms. The number of para-hydroxylation sites is 1. The quantitative estimate of drug-likeness (QED) is 0.740. The van der Waals surface area contributed by atoms with E-state index in [2.05, 4.69) is 26.3 Å². The summed E-state index contributed by atoms with van der Waals surface area (Å²) >= 11 is 0. The average molecular weight is 221 g/mol. The van der Waals surface area contributed by atoms with Crippen molar-refractivity contribution in [1.29, 1.82) is 0 Å². The van der Waals surface area contributed by atoms with Crippen molar-refractivity contribution in [3.05, 3.63) is 24.3 Å². The molecular formula is C12H17N2O2+. The lowest BCUT2D eigenvalue weighted by Gasteiger charge is -2.23. The van der Waals surface area contributed by atoms with Crippen molar-refractivity contribution in [3.8, 4) is 5.88 Å². The first-order valence-electron chi connectivity index (χ1n) is 5.34. The van der Waals surface area contributed by atoms with Gasteiger partial charge in [-0.3, -0.25) is 0 Å². The summed E-state index contributed by atoms with van der Waals surface area (Å²) in [6.07, 6.45) is 0. The van der Waals surface area contributed by atoms with Crippen LogP contribution in [0.1, 0.15) is 0 Å². The summed E-state index contributed by atoms with van der Waals surface area (Å²) in [6, 6.07) is 7.71. The molecule has 0 aliphatic rings. The molecule has 4 heteroatoms. The van der Waals surface area contributed by atoms with E-state index in [0.717, 1.165) is 22.0 Å². The van der Waals surface area contributed by atoms with Crippen molar-refractivity contribution in [2.24, 2.45) is 0 Å². The third kappa shape index (κ3) is 2.52. The standard InChI is InChI=1S/C12H17N2O2/c1-14(2,3)8-9-15-12-10-6-4-5-7-11(10)16-13-12/h4-7H,8-9H2,1-3H3/q+1. The van der Waals surface area contributed by atoms with Gasteiger partial charge in [0.2, 0.25) is 0 Å². The van der Waals surface area contributed by atoms with Crippen LogP contribution in [0.2, 0.25) is 0 Å². The van der Waals surface area contributed by atoms with Crippen molar-refractivity contribution in [2.75, 3.05) is 34.3 Å². The van der Waals surface area contributed by atoms with Crippen molar-refractivity contribution >= 4 is 11.0 Å². The number of ether oxygens (including phenoxy) is 1. The maximum atomic E-state index is 5.61. The zero-order valence-electron chi connectivity index (χ0n) is 9.93. The molecule has 0 amide bonds. The molecule has 2 rings (SSSR count). The number of hydrogen-bond acceptors (Lipinski definition) is 3. The maximum absolute atomic E-state index is 5.61. The van der Waals surface area contributed by atoms with Crippen LogP contribution in [0.25, 0.3) is 11.0 Å². The lowest BCUT2D eigenvalue weighted by molar-refractivity contribution is -0.870. The van der Waals surface area contributed by atoms with Gasteiger partial charge in [-0.15, -0.1) is 0 Å². The fraction of sp³-hybridized carbons (Fsp3) is 0.417. The van der Waals surface area contributed by atoms with Gasteiger partial charge in [0, 0.05) is 0 Å². The highest BCUT2D eigenvalue weighted by Gasteiger charge is 2.11. The zero-order valence-corrected chi connectivity index (χ0v) is 9.93. The van der Waals surface area contributed by atoms with Gasteiger partial charge in [0.15, 0.2) is 5.58 Å². The van der Waals surface area contributed by atoms with Gasteiger partial charge in [-0.2, -0.15) is 0 Å². The van der Waals surface area contributed by atoms with E-state index < -0.39 is 0 Å². The van der Waals surface area contributed by atoms with E-state index in [1.165, 1.54) is 0 Å². The molecule has 1 heterocycles. The van der Waals surface area contributed by atoms with Crippen LogP contribution in [0.3, 0.4) is 0 Å². The SMILES string of the molecule is C[N+](C)(C)CCOc1noc2ccccc12.